The molecular formula is C8H16Sn. The molecule has 0 rings (SSSR count). The summed E-state index contributed by atoms with van der Waals surface area (Å²) in [5, 5.41) is 0. The molecule has 0 radical (unpaired) electrons. The van der Waals surface area contributed by atoms with Crippen LogP contribution in [0.5, 0.6) is 0 Å². The molecule has 1 heteroatoms. The molecule has 0 fully saturated rings. The summed E-state index contributed by atoms with van der Waals surface area (Å²) < 4.78 is 3.38. The van der Waals surface area contributed by atoms with Crippen LogP contribution in [0.2, 0.25) is 14.8 Å². The third-order valence-corrected chi connectivity index (χ3v) is 3.29. The van der Waals surface area contributed by atoms with Crippen molar-refractivity contribution in [1.82, 2.24) is 0 Å². The molecule has 0 aliphatic carbocycles. The minimum atomic E-state index is -1.72. The second-order valence-electron chi connectivity index (χ2n) is 3.67. The Morgan fingerprint density at radius 2 is 1.56 bits per heavy atom. The Morgan fingerprint density at radius 1 is 1.11 bits per heavy atom. The molecule has 52 valence electrons. The Bertz CT molecular complexity index is 129. The predicted octanol–water partition coefficient (Wildman–Crippen LogP) is 2.52. The first kappa shape index (κ1) is 9.36. The Balaban J connectivity index is 3.88. The van der Waals surface area contributed by atoms with Gasteiger partial charge in [0, 0.05) is 0 Å². The fourth-order valence-electron chi connectivity index (χ4n) is 0.361. The van der Waals surface area contributed by atoms with Crippen LogP contribution in [0.25, 0.3) is 0 Å². The van der Waals surface area contributed by atoms with Gasteiger partial charge in [-0.3, -0.25) is 0 Å². The average Bonchev–Trinajstić information content (AvgIpc) is 1.59. The molecule has 0 aromatic heterocycles. The summed E-state index contributed by atoms with van der Waals surface area (Å²) in [6, 6.07) is 0. The monoisotopic (exact) mass is 232 g/mol. The van der Waals surface area contributed by atoms with Crippen LogP contribution >= 0.6 is 0 Å². The Labute approximate surface area is 62.9 Å². The van der Waals surface area contributed by atoms with E-state index in [1.54, 1.807) is 0 Å². The van der Waals surface area contributed by atoms with E-state index < -0.39 is 18.4 Å². The van der Waals surface area contributed by atoms with Gasteiger partial charge < -0.3 is 0 Å². The van der Waals surface area contributed by atoms with Gasteiger partial charge in [0.25, 0.3) is 0 Å². The van der Waals surface area contributed by atoms with Crippen molar-refractivity contribution in [1.29, 1.82) is 0 Å². The van der Waals surface area contributed by atoms with E-state index in [0.717, 1.165) is 0 Å². The molecule has 0 atom stereocenters. The molecule has 0 aliphatic heterocycles. The summed E-state index contributed by atoms with van der Waals surface area (Å²) in [7, 11) is 0. The second-order valence-corrected chi connectivity index (χ2v) is 17.2. The maximum atomic E-state index is 3.38. The summed E-state index contributed by atoms with van der Waals surface area (Å²) in [6.45, 7) is 4.29. The quantitative estimate of drug-likeness (QED) is 0.443. The zero-order valence-corrected chi connectivity index (χ0v) is 9.93. The van der Waals surface area contributed by atoms with Gasteiger partial charge in [-0.25, -0.2) is 0 Å². The predicted molar refractivity (Wildman–Crippen MR) is 46.0 cm³/mol. The molecule has 0 aromatic rings. The molecule has 0 spiro atoms. The van der Waals surface area contributed by atoms with Gasteiger partial charge >= 0.3 is 62.8 Å². The SMILES string of the molecule is CC(C)C#[C][Sn]([CH3])([CH3])[CH3]. The van der Waals surface area contributed by atoms with Crippen molar-refractivity contribution in [3.05, 3.63) is 0 Å². The Morgan fingerprint density at radius 3 is 1.67 bits per heavy atom. The zero-order chi connectivity index (χ0) is 7.49. The first-order chi connectivity index (χ1) is 3.92. The van der Waals surface area contributed by atoms with Crippen LogP contribution in [0.15, 0.2) is 0 Å². The van der Waals surface area contributed by atoms with Gasteiger partial charge in [0.1, 0.15) is 0 Å². The molecule has 0 bridgehead atoms. The van der Waals surface area contributed by atoms with E-state index in [4.69, 9.17) is 0 Å². The molecule has 9 heavy (non-hydrogen) atoms. The molecule has 0 heterocycles. The van der Waals surface area contributed by atoms with Crippen LogP contribution in [0, 0.1) is 15.8 Å². The van der Waals surface area contributed by atoms with Crippen molar-refractivity contribution < 1.29 is 0 Å². The third kappa shape index (κ3) is 8.36. The van der Waals surface area contributed by atoms with E-state index in [0.29, 0.717) is 5.92 Å². The Hall–Kier alpha value is 0.359. The number of hydrogen-bond donors (Lipinski definition) is 0. The maximum absolute atomic E-state index is 3.38. The Kier molecular flexibility index (Phi) is 3.65. The van der Waals surface area contributed by atoms with Crippen LogP contribution in [0.4, 0.5) is 0 Å². The van der Waals surface area contributed by atoms with Crippen LogP contribution in [0.1, 0.15) is 13.8 Å². The van der Waals surface area contributed by atoms with Gasteiger partial charge in [0.05, 0.1) is 0 Å². The average molecular weight is 231 g/mol. The van der Waals surface area contributed by atoms with Crippen molar-refractivity contribution >= 4 is 18.4 Å². The normalized spacial score (nSPS) is 10.9. The third-order valence-electron chi connectivity index (χ3n) is 0.736. The summed E-state index contributed by atoms with van der Waals surface area (Å²) in [5.74, 6) is 3.79. The first-order valence-electron chi connectivity index (χ1n) is 3.44. The summed E-state index contributed by atoms with van der Waals surface area (Å²) in [6.07, 6.45) is 0. The van der Waals surface area contributed by atoms with E-state index in [1.807, 2.05) is 0 Å². The van der Waals surface area contributed by atoms with E-state index in [-0.39, 0.29) is 0 Å². The van der Waals surface area contributed by atoms with E-state index >= 15 is 0 Å². The molecule has 0 saturated carbocycles. The minimum absolute atomic E-state index is 0.556. The summed E-state index contributed by atoms with van der Waals surface area (Å²) >= 11 is -1.72. The van der Waals surface area contributed by atoms with Crippen molar-refractivity contribution in [3.63, 3.8) is 0 Å². The molecule has 0 aliphatic rings. The van der Waals surface area contributed by atoms with E-state index in [2.05, 4.69) is 38.5 Å². The van der Waals surface area contributed by atoms with Gasteiger partial charge in [-0.05, 0) is 0 Å². The van der Waals surface area contributed by atoms with Gasteiger partial charge in [-0.15, -0.1) is 0 Å². The van der Waals surface area contributed by atoms with E-state index in [9.17, 15) is 0 Å². The van der Waals surface area contributed by atoms with Gasteiger partial charge in [0.15, 0.2) is 0 Å². The topological polar surface area (TPSA) is 0 Å². The summed E-state index contributed by atoms with van der Waals surface area (Å²) in [4.78, 5) is 7.01. The van der Waals surface area contributed by atoms with Crippen molar-refractivity contribution in [2.45, 2.75) is 28.7 Å². The first-order valence-corrected chi connectivity index (χ1v) is 13.4. The van der Waals surface area contributed by atoms with Crippen LogP contribution < -0.4 is 0 Å². The van der Waals surface area contributed by atoms with Gasteiger partial charge in [0.2, 0.25) is 0 Å². The van der Waals surface area contributed by atoms with Crippen molar-refractivity contribution in [2.75, 3.05) is 0 Å². The van der Waals surface area contributed by atoms with Gasteiger partial charge in [-0.1, -0.05) is 0 Å². The van der Waals surface area contributed by atoms with Crippen molar-refractivity contribution in [3.8, 4) is 9.86 Å². The molecule has 0 nitrogen and oxygen atoms in total. The summed E-state index contributed by atoms with van der Waals surface area (Å²) in [5.41, 5.74) is 0. The fourth-order valence-corrected chi connectivity index (χ4v) is 2.42. The van der Waals surface area contributed by atoms with Crippen molar-refractivity contribution in [2.24, 2.45) is 5.92 Å². The standard InChI is InChI=1S/C5H7.3CH3.Sn/c1-4-5(2)3;;;;/h5H,2-3H3;3*1H3;. The fraction of sp³-hybridized carbons (Fsp3) is 0.750. The van der Waals surface area contributed by atoms with Gasteiger partial charge in [-0.2, -0.15) is 0 Å². The molecule has 0 unspecified atom stereocenters. The van der Waals surface area contributed by atoms with Crippen LogP contribution in [0.3, 0.4) is 0 Å². The van der Waals surface area contributed by atoms with Crippen LogP contribution in [-0.2, 0) is 0 Å². The molecule has 0 saturated heterocycles. The molecule has 0 N–H and O–H groups in total. The molecule has 0 amide bonds. The molecule has 0 aromatic carbocycles. The second kappa shape index (κ2) is 3.51. The number of rotatable bonds is 0. The number of hydrogen-bond acceptors (Lipinski definition) is 0. The molecular weight excluding hydrogens is 215 g/mol. The zero-order valence-electron chi connectivity index (χ0n) is 7.08. The van der Waals surface area contributed by atoms with E-state index in [1.165, 1.54) is 0 Å². The van der Waals surface area contributed by atoms with Crippen LogP contribution in [-0.4, -0.2) is 18.4 Å².